The van der Waals surface area contributed by atoms with Crippen molar-refractivity contribution in [3.63, 3.8) is 0 Å². The van der Waals surface area contributed by atoms with E-state index in [-0.39, 0.29) is 70.8 Å². The van der Waals surface area contributed by atoms with E-state index in [9.17, 15) is 24.6 Å². The van der Waals surface area contributed by atoms with Gasteiger partial charge in [-0.3, -0.25) is 14.4 Å². The number of nitrogens with zero attached hydrogens (tertiary/aromatic N) is 4. The fraction of sp³-hybridized carbons (Fsp3) is 0.791. The van der Waals surface area contributed by atoms with Crippen LogP contribution in [0.5, 0.6) is 0 Å². The van der Waals surface area contributed by atoms with E-state index < -0.39 is 11.6 Å². The average Bonchev–Trinajstić information content (AvgIpc) is 3.65. The van der Waals surface area contributed by atoms with Crippen LogP contribution in [0.25, 0.3) is 5.57 Å². The van der Waals surface area contributed by atoms with Crippen molar-refractivity contribution < 1.29 is 29.3 Å². The third-order valence-electron chi connectivity index (χ3n) is 16.1. The van der Waals surface area contributed by atoms with Crippen molar-refractivity contribution in [3.05, 3.63) is 29.1 Å². The van der Waals surface area contributed by atoms with Crippen LogP contribution in [0.1, 0.15) is 125 Å². The zero-order valence-electron chi connectivity index (χ0n) is 33.5. The molecule has 7 rings (SSSR count). The smallest absolute Gasteiger partial charge is 0.325 e. The van der Waals surface area contributed by atoms with Crippen molar-refractivity contribution in [2.75, 3.05) is 26.8 Å². The number of Topliss-reactive ketones (excluding diaryl/α,β-unsaturated/α-hetero) is 1. The Balaban J connectivity index is 1.24. The second-order valence-electron chi connectivity index (χ2n) is 19.7. The molecule has 0 aliphatic heterocycles. The Morgan fingerprint density at radius 3 is 2.40 bits per heavy atom. The van der Waals surface area contributed by atoms with E-state index in [4.69, 9.17) is 4.74 Å². The predicted molar refractivity (Wildman–Crippen MR) is 202 cm³/mol. The molecular formula is C43H64N4O6. The largest absolute Gasteiger partial charge is 0.480 e. The molecule has 0 spiro atoms. The Labute approximate surface area is 316 Å². The molecule has 1 heterocycles. The highest BCUT2D eigenvalue weighted by molar-refractivity contribution is 6.00. The summed E-state index contributed by atoms with van der Waals surface area (Å²) in [5.74, 6) is 0.552. The summed E-state index contributed by atoms with van der Waals surface area (Å²) in [6.45, 7) is 17.4. The van der Waals surface area contributed by atoms with Crippen molar-refractivity contribution in [2.24, 2.45) is 57.2 Å². The lowest BCUT2D eigenvalue weighted by Gasteiger charge is -2.70. The first-order chi connectivity index (χ1) is 24.9. The number of fused-ring (bicyclic) bond motifs is 7. The molecule has 1 amide bonds. The summed E-state index contributed by atoms with van der Waals surface area (Å²) in [6, 6.07) is 0. The maximum Gasteiger partial charge on any atom is 0.325 e. The van der Waals surface area contributed by atoms with Crippen LogP contribution in [0.15, 0.2) is 23.4 Å². The third kappa shape index (κ3) is 6.16. The minimum Gasteiger partial charge on any atom is -0.480 e. The van der Waals surface area contributed by atoms with Gasteiger partial charge in [-0.1, -0.05) is 65.3 Å². The molecule has 1 aromatic heterocycles. The standard InChI is InChI=1S/C43H64N4O6/c1-26(2)37-32(48)20-30-38(37)29-12-13-34-40(5)18-14-28(31-22-47(45-44-31)23-36(50)51)39(3,4)33(40)15-19-42(34,7)41(29,6)16-9-17-43(30,52)25-46(21-27-10-11-27)35(49)24-53-8/h14,22,26-27,29-30,33-34,52H,9-13,15-21,23-25H2,1-8H3,(H,50,51)/t29-,30+,33+,34-,40+,41-,42-,43+/m1/s1. The van der Waals surface area contributed by atoms with Gasteiger partial charge < -0.3 is 19.8 Å². The highest BCUT2D eigenvalue weighted by atomic mass is 16.5. The number of amides is 1. The Morgan fingerprint density at radius 2 is 1.74 bits per heavy atom. The molecule has 1 aromatic rings. The first kappa shape index (κ1) is 38.4. The van der Waals surface area contributed by atoms with Gasteiger partial charge in [0.25, 0.3) is 0 Å². The van der Waals surface area contributed by atoms with Crippen molar-refractivity contribution in [3.8, 4) is 0 Å². The number of allylic oxidation sites excluding steroid dienone is 3. The van der Waals surface area contributed by atoms with Gasteiger partial charge in [0.15, 0.2) is 5.78 Å². The van der Waals surface area contributed by atoms with Gasteiger partial charge in [0.1, 0.15) is 18.8 Å². The number of carboxylic acid groups (broad SMARTS) is 1. The molecule has 10 nitrogen and oxygen atoms in total. The second kappa shape index (κ2) is 13.4. The zero-order valence-corrected chi connectivity index (χ0v) is 33.5. The quantitative estimate of drug-likeness (QED) is 0.264. The maximum absolute atomic E-state index is 14.1. The first-order valence-electron chi connectivity index (χ1n) is 20.5. The van der Waals surface area contributed by atoms with E-state index in [0.717, 1.165) is 69.1 Å². The number of ketones is 1. The highest BCUT2D eigenvalue weighted by Crippen LogP contribution is 2.75. The summed E-state index contributed by atoms with van der Waals surface area (Å²) in [5.41, 5.74) is 2.82. The molecule has 0 radical (unpaired) electrons. The lowest BCUT2D eigenvalue weighted by molar-refractivity contribution is -0.193. The number of aliphatic carboxylic acids is 1. The number of aromatic nitrogens is 3. The third-order valence-corrected chi connectivity index (χ3v) is 16.1. The van der Waals surface area contributed by atoms with E-state index in [1.807, 2.05) is 4.90 Å². The van der Waals surface area contributed by atoms with Gasteiger partial charge in [0.2, 0.25) is 5.91 Å². The van der Waals surface area contributed by atoms with Crippen LogP contribution in [0.4, 0.5) is 0 Å². The molecule has 6 aliphatic rings. The molecule has 2 N–H and O–H groups in total. The van der Waals surface area contributed by atoms with Crippen molar-refractivity contribution in [2.45, 2.75) is 131 Å². The van der Waals surface area contributed by atoms with Crippen LogP contribution < -0.4 is 0 Å². The number of hydrogen-bond donors (Lipinski definition) is 2. The Bertz CT molecular complexity index is 1710. The summed E-state index contributed by atoms with van der Waals surface area (Å²) in [6.07, 6.45) is 14.3. The number of methoxy groups -OCH3 is 1. The summed E-state index contributed by atoms with van der Waals surface area (Å²) < 4.78 is 6.70. The van der Waals surface area contributed by atoms with Crippen LogP contribution in [-0.4, -0.2) is 80.2 Å². The summed E-state index contributed by atoms with van der Waals surface area (Å²) in [4.78, 5) is 40.8. The molecule has 6 aliphatic carbocycles. The van der Waals surface area contributed by atoms with E-state index >= 15 is 0 Å². The van der Waals surface area contributed by atoms with E-state index in [1.54, 1.807) is 13.3 Å². The fourth-order valence-corrected chi connectivity index (χ4v) is 13.4. The number of carbonyl (C=O) groups excluding carboxylic acids is 2. The molecule has 10 heteroatoms. The molecule has 0 bridgehead atoms. The normalized spacial score (nSPS) is 37.9. The van der Waals surface area contributed by atoms with Gasteiger partial charge in [-0.25, -0.2) is 4.68 Å². The Hall–Kier alpha value is -2.85. The van der Waals surface area contributed by atoms with Crippen LogP contribution in [-0.2, 0) is 25.7 Å². The molecule has 0 unspecified atom stereocenters. The number of rotatable bonds is 10. The maximum atomic E-state index is 14.1. The average molecular weight is 733 g/mol. The second-order valence-corrected chi connectivity index (χ2v) is 19.7. The van der Waals surface area contributed by atoms with Gasteiger partial charge >= 0.3 is 5.97 Å². The fourth-order valence-electron chi connectivity index (χ4n) is 13.4. The van der Waals surface area contributed by atoms with E-state index in [1.165, 1.54) is 15.8 Å². The number of aliphatic hydroxyl groups is 1. The monoisotopic (exact) mass is 732 g/mol. The lowest BCUT2D eigenvalue weighted by Crippen LogP contribution is -2.63. The van der Waals surface area contributed by atoms with E-state index in [0.29, 0.717) is 37.1 Å². The molecule has 4 fully saturated rings. The lowest BCUT2D eigenvalue weighted by atomic mass is 9.34. The SMILES string of the molecule is COCC(=O)N(CC1CC1)C[C@@]1(O)CCC[C@]2(C)[C@H](CC[C@@H]3[C@@]4(C)CC=C(c5cn(CC(=O)O)nn5)C(C)(C)[C@@H]4CC[C@]32C)C2=C(C(C)C)C(=O)C[C@@H]21. The minimum absolute atomic E-state index is 0.00486. The number of hydrogen-bond acceptors (Lipinski definition) is 7. The molecule has 8 atom stereocenters. The number of carbonyl (C=O) groups is 3. The molecular weight excluding hydrogens is 668 g/mol. The number of carboxylic acids is 1. The molecule has 292 valence electrons. The molecule has 53 heavy (non-hydrogen) atoms. The summed E-state index contributed by atoms with van der Waals surface area (Å²) in [5, 5.41) is 30.8. The summed E-state index contributed by atoms with van der Waals surface area (Å²) >= 11 is 0. The topological polar surface area (TPSA) is 135 Å². The van der Waals surface area contributed by atoms with Gasteiger partial charge in [-0.15, -0.1) is 5.10 Å². The van der Waals surface area contributed by atoms with Gasteiger partial charge in [0, 0.05) is 26.0 Å². The highest BCUT2D eigenvalue weighted by Gasteiger charge is 2.68. The van der Waals surface area contributed by atoms with Crippen LogP contribution in [0.3, 0.4) is 0 Å². The van der Waals surface area contributed by atoms with Gasteiger partial charge in [-0.2, -0.15) is 0 Å². The first-order valence-corrected chi connectivity index (χ1v) is 20.5. The van der Waals surface area contributed by atoms with Gasteiger partial charge in [0.05, 0.1) is 18.3 Å². The summed E-state index contributed by atoms with van der Waals surface area (Å²) in [7, 11) is 1.55. The van der Waals surface area contributed by atoms with Crippen LogP contribution in [0.2, 0.25) is 0 Å². The zero-order chi connectivity index (χ0) is 38.3. The van der Waals surface area contributed by atoms with Crippen molar-refractivity contribution in [1.29, 1.82) is 0 Å². The van der Waals surface area contributed by atoms with Crippen LogP contribution >= 0.6 is 0 Å². The van der Waals surface area contributed by atoms with Crippen LogP contribution in [0, 0.1) is 57.2 Å². The minimum atomic E-state index is -1.16. The van der Waals surface area contributed by atoms with Gasteiger partial charge in [-0.05, 0) is 127 Å². The Kier molecular flexibility index (Phi) is 9.73. The number of ether oxygens (including phenoxy) is 1. The van der Waals surface area contributed by atoms with E-state index in [2.05, 4.69) is 64.9 Å². The predicted octanol–water partition coefficient (Wildman–Crippen LogP) is 6.97. The molecule has 4 saturated carbocycles. The van der Waals surface area contributed by atoms with Crippen molar-refractivity contribution in [1.82, 2.24) is 19.9 Å². The Morgan fingerprint density at radius 1 is 1.00 bits per heavy atom. The molecule has 0 aromatic carbocycles. The molecule has 0 saturated heterocycles. The van der Waals surface area contributed by atoms with Crippen molar-refractivity contribution >= 4 is 23.2 Å².